The van der Waals surface area contributed by atoms with Crippen LogP contribution in [0, 0.1) is 13.8 Å². The van der Waals surface area contributed by atoms with Gasteiger partial charge < -0.3 is 15.4 Å². The molecule has 0 bridgehead atoms. The van der Waals surface area contributed by atoms with E-state index in [9.17, 15) is 22.8 Å². The van der Waals surface area contributed by atoms with Crippen molar-refractivity contribution in [3.8, 4) is 5.75 Å². The lowest BCUT2D eigenvalue weighted by molar-refractivity contribution is -0.274. The molecule has 1 aromatic carbocycles. The van der Waals surface area contributed by atoms with Crippen molar-refractivity contribution < 1.29 is 27.5 Å². The van der Waals surface area contributed by atoms with Crippen LogP contribution in [0.2, 0.25) is 0 Å². The van der Waals surface area contributed by atoms with Crippen molar-refractivity contribution in [1.82, 2.24) is 10.3 Å². The Morgan fingerprint density at radius 1 is 1.15 bits per heavy atom. The number of aromatic nitrogens is 1. The number of hydrogen-bond acceptors (Lipinski definition) is 4. The molecule has 9 heteroatoms. The molecule has 0 saturated heterocycles. The second-order valence-electron chi connectivity index (χ2n) is 5.89. The van der Waals surface area contributed by atoms with Crippen LogP contribution >= 0.6 is 0 Å². The predicted octanol–water partition coefficient (Wildman–Crippen LogP) is 3.49. The minimum Gasteiger partial charge on any atom is -0.406 e. The lowest BCUT2D eigenvalue weighted by Gasteiger charge is -2.13. The van der Waals surface area contributed by atoms with E-state index in [1.54, 1.807) is 13.0 Å². The van der Waals surface area contributed by atoms with Crippen LogP contribution in [0.3, 0.4) is 0 Å². The van der Waals surface area contributed by atoms with E-state index in [-0.39, 0.29) is 24.0 Å². The van der Waals surface area contributed by atoms with E-state index < -0.39 is 12.3 Å². The Kier molecular flexibility index (Phi) is 6.04. The Balaban J connectivity index is 2.06. The topological polar surface area (TPSA) is 80.3 Å². The van der Waals surface area contributed by atoms with Crippen LogP contribution < -0.4 is 15.4 Å². The molecule has 27 heavy (non-hydrogen) atoms. The van der Waals surface area contributed by atoms with Gasteiger partial charge in [0.15, 0.2) is 0 Å². The number of nitrogens with one attached hydrogen (secondary N) is 2. The summed E-state index contributed by atoms with van der Waals surface area (Å²) >= 11 is 0. The highest BCUT2D eigenvalue weighted by Gasteiger charge is 2.31. The van der Waals surface area contributed by atoms with E-state index in [0.717, 1.165) is 0 Å². The highest BCUT2D eigenvalue weighted by Crippen LogP contribution is 2.26. The Bertz CT molecular complexity index is 867. The monoisotopic (exact) mass is 381 g/mol. The van der Waals surface area contributed by atoms with Crippen molar-refractivity contribution in [2.75, 3.05) is 5.32 Å². The molecule has 0 aliphatic carbocycles. The average Bonchev–Trinajstić information content (AvgIpc) is 2.52. The smallest absolute Gasteiger partial charge is 0.406 e. The molecule has 6 nitrogen and oxygen atoms in total. The van der Waals surface area contributed by atoms with Crippen LogP contribution in [0.1, 0.15) is 34.1 Å². The number of anilines is 1. The number of benzene rings is 1. The average molecular weight is 381 g/mol. The van der Waals surface area contributed by atoms with Gasteiger partial charge in [-0.3, -0.25) is 9.59 Å². The Hall–Kier alpha value is -3.10. The molecular weight excluding hydrogens is 363 g/mol. The van der Waals surface area contributed by atoms with E-state index in [2.05, 4.69) is 20.4 Å². The summed E-state index contributed by atoms with van der Waals surface area (Å²) in [5, 5.41) is 5.19. The number of carbonyl (C=O) groups excluding carboxylic acids is 2. The lowest BCUT2D eigenvalue weighted by Crippen LogP contribution is -2.23. The first-order valence-corrected chi connectivity index (χ1v) is 7.93. The summed E-state index contributed by atoms with van der Waals surface area (Å²) < 4.78 is 40.8. The van der Waals surface area contributed by atoms with Gasteiger partial charge in [-0.25, -0.2) is 4.98 Å². The predicted molar refractivity (Wildman–Crippen MR) is 92.3 cm³/mol. The molecule has 2 N–H and O–H groups in total. The van der Waals surface area contributed by atoms with Crippen LogP contribution in [0.25, 0.3) is 0 Å². The fraction of sp³-hybridized carbons (Fsp3) is 0.278. The molecule has 1 aromatic heterocycles. The SMILES string of the molecule is CC(=O)Nc1cc(C(=O)NCc2ccc(OC(F)(F)F)c(C)c2)cc(C)n1. The molecule has 2 amide bonds. The van der Waals surface area contributed by atoms with Gasteiger partial charge in [-0.15, -0.1) is 13.2 Å². The van der Waals surface area contributed by atoms with E-state index >= 15 is 0 Å². The highest BCUT2D eigenvalue weighted by atomic mass is 19.4. The van der Waals surface area contributed by atoms with Crippen molar-refractivity contribution >= 4 is 17.6 Å². The third-order valence-electron chi connectivity index (χ3n) is 3.44. The van der Waals surface area contributed by atoms with Gasteiger partial charge in [0.1, 0.15) is 11.6 Å². The zero-order valence-corrected chi connectivity index (χ0v) is 14.9. The first-order chi connectivity index (χ1) is 12.5. The zero-order valence-electron chi connectivity index (χ0n) is 14.9. The third-order valence-corrected chi connectivity index (χ3v) is 3.44. The van der Waals surface area contributed by atoms with Crippen LogP contribution in [-0.2, 0) is 11.3 Å². The van der Waals surface area contributed by atoms with Crippen LogP contribution in [-0.4, -0.2) is 23.2 Å². The van der Waals surface area contributed by atoms with E-state index in [4.69, 9.17) is 0 Å². The highest BCUT2D eigenvalue weighted by molar-refractivity contribution is 5.96. The molecule has 0 fully saturated rings. The molecule has 2 aromatic rings. The van der Waals surface area contributed by atoms with E-state index in [1.165, 1.54) is 38.1 Å². The number of amides is 2. The van der Waals surface area contributed by atoms with Gasteiger partial charge in [0.2, 0.25) is 5.91 Å². The summed E-state index contributed by atoms with van der Waals surface area (Å²) in [4.78, 5) is 27.6. The maximum atomic E-state index is 12.3. The fourth-order valence-electron chi connectivity index (χ4n) is 2.39. The van der Waals surface area contributed by atoms with E-state index in [1.807, 2.05) is 0 Å². The minimum absolute atomic E-state index is 0.114. The van der Waals surface area contributed by atoms with Crippen molar-refractivity contribution in [2.24, 2.45) is 0 Å². The summed E-state index contributed by atoms with van der Waals surface area (Å²) in [7, 11) is 0. The number of rotatable bonds is 5. The second-order valence-corrected chi connectivity index (χ2v) is 5.89. The maximum absolute atomic E-state index is 12.3. The van der Waals surface area contributed by atoms with Crippen molar-refractivity contribution in [1.29, 1.82) is 0 Å². The number of ether oxygens (including phenoxy) is 1. The number of halogens is 3. The summed E-state index contributed by atoms with van der Waals surface area (Å²) in [5.41, 5.74) is 1.77. The quantitative estimate of drug-likeness (QED) is 0.831. The molecule has 0 aliphatic rings. The minimum atomic E-state index is -4.76. The van der Waals surface area contributed by atoms with Gasteiger partial charge in [-0.1, -0.05) is 12.1 Å². The van der Waals surface area contributed by atoms with E-state index in [0.29, 0.717) is 22.4 Å². The summed E-state index contributed by atoms with van der Waals surface area (Å²) in [6.07, 6.45) is -4.76. The zero-order chi connectivity index (χ0) is 20.2. The van der Waals surface area contributed by atoms with Crippen molar-refractivity contribution in [3.63, 3.8) is 0 Å². The molecule has 1 heterocycles. The molecule has 2 rings (SSSR count). The van der Waals surface area contributed by atoms with Crippen LogP contribution in [0.15, 0.2) is 30.3 Å². The fourth-order valence-corrected chi connectivity index (χ4v) is 2.39. The molecule has 0 spiro atoms. The molecule has 0 atom stereocenters. The normalized spacial score (nSPS) is 11.0. The third kappa shape index (κ3) is 6.28. The summed E-state index contributed by atoms with van der Waals surface area (Å²) in [5.74, 6) is -0.740. The summed E-state index contributed by atoms with van der Waals surface area (Å²) in [6, 6.07) is 7.15. The largest absolute Gasteiger partial charge is 0.573 e. The number of carbonyl (C=O) groups is 2. The number of aryl methyl sites for hydroxylation is 2. The van der Waals surface area contributed by atoms with Gasteiger partial charge in [0.05, 0.1) is 0 Å². The molecule has 144 valence electrons. The number of nitrogens with zero attached hydrogens (tertiary/aromatic N) is 1. The number of hydrogen-bond donors (Lipinski definition) is 2. The maximum Gasteiger partial charge on any atom is 0.573 e. The molecule has 0 aliphatic heterocycles. The van der Waals surface area contributed by atoms with Gasteiger partial charge in [0, 0.05) is 24.7 Å². The Morgan fingerprint density at radius 3 is 2.44 bits per heavy atom. The Morgan fingerprint density at radius 2 is 1.85 bits per heavy atom. The van der Waals surface area contributed by atoms with Gasteiger partial charge in [-0.05, 0) is 43.2 Å². The standard InChI is InChI=1S/C18H18F3N3O3/c1-10-6-13(4-5-15(10)27-18(19,20)21)9-22-17(26)14-7-11(2)23-16(8-14)24-12(3)25/h4-8H,9H2,1-3H3,(H,22,26)(H,23,24,25). The van der Waals surface area contributed by atoms with Gasteiger partial charge in [0.25, 0.3) is 5.91 Å². The first-order valence-electron chi connectivity index (χ1n) is 7.93. The molecule has 0 saturated carbocycles. The molecule has 0 unspecified atom stereocenters. The summed E-state index contributed by atoms with van der Waals surface area (Å²) in [6.45, 7) is 4.62. The van der Waals surface area contributed by atoms with Gasteiger partial charge in [-0.2, -0.15) is 0 Å². The number of pyridine rings is 1. The van der Waals surface area contributed by atoms with Crippen LogP contribution in [0.4, 0.5) is 19.0 Å². The van der Waals surface area contributed by atoms with Gasteiger partial charge >= 0.3 is 6.36 Å². The van der Waals surface area contributed by atoms with Crippen molar-refractivity contribution in [3.05, 3.63) is 52.7 Å². The van der Waals surface area contributed by atoms with Crippen molar-refractivity contribution in [2.45, 2.75) is 33.7 Å². The number of alkyl halides is 3. The Labute approximate surface area is 153 Å². The first kappa shape index (κ1) is 20.2. The molecular formula is C18H18F3N3O3. The lowest BCUT2D eigenvalue weighted by atomic mass is 10.1. The second kappa shape index (κ2) is 8.07. The van der Waals surface area contributed by atoms with Crippen LogP contribution in [0.5, 0.6) is 5.75 Å². The molecule has 0 radical (unpaired) electrons.